The maximum absolute atomic E-state index is 12.2. The second kappa shape index (κ2) is 5.94. The normalized spacial score (nSPS) is 10.3. The van der Waals surface area contributed by atoms with Crippen LogP contribution in [-0.4, -0.2) is 5.91 Å². The van der Waals surface area contributed by atoms with Crippen molar-refractivity contribution in [2.45, 2.75) is 0 Å². The van der Waals surface area contributed by atoms with Gasteiger partial charge in [-0.1, -0.05) is 27.5 Å². The number of carbonyl (C=O) groups excluding carboxylic acids is 1. The molecule has 0 aliphatic heterocycles. The van der Waals surface area contributed by atoms with Crippen LogP contribution in [0, 0.1) is 0 Å². The standard InChI is InChI=1S/C13H9Br2ClN2O/c14-7-1-3-10(15)9(5-7)13(19)18-12-4-2-8(17)6-11(12)16/h1-6H,17H2,(H,18,19). The Morgan fingerprint density at radius 2 is 1.89 bits per heavy atom. The molecule has 0 spiro atoms. The summed E-state index contributed by atoms with van der Waals surface area (Å²) in [5, 5.41) is 3.15. The molecule has 0 unspecified atom stereocenters. The van der Waals surface area contributed by atoms with Crippen molar-refractivity contribution in [3.05, 3.63) is 55.9 Å². The van der Waals surface area contributed by atoms with Gasteiger partial charge in [0.15, 0.2) is 0 Å². The fraction of sp³-hybridized carbons (Fsp3) is 0. The smallest absolute Gasteiger partial charge is 0.256 e. The summed E-state index contributed by atoms with van der Waals surface area (Å²) in [5.41, 5.74) is 7.19. The molecule has 2 aromatic rings. The van der Waals surface area contributed by atoms with Gasteiger partial charge in [-0.25, -0.2) is 0 Å². The van der Waals surface area contributed by atoms with E-state index in [0.29, 0.717) is 26.4 Å². The van der Waals surface area contributed by atoms with Crippen LogP contribution in [0.15, 0.2) is 45.3 Å². The fourth-order valence-electron chi connectivity index (χ4n) is 1.49. The summed E-state index contributed by atoms with van der Waals surface area (Å²) in [7, 11) is 0. The highest BCUT2D eigenvalue weighted by Crippen LogP contribution is 2.26. The van der Waals surface area contributed by atoms with Crippen molar-refractivity contribution in [3.8, 4) is 0 Å². The number of hydrogen-bond acceptors (Lipinski definition) is 2. The Labute approximate surface area is 132 Å². The predicted octanol–water partition coefficient (Wildman–Crippen LogP) is 4.70. The highest BCUT2D eigenvalue weighted by molar-refractivity contribution is 9.11. The third kappa shape index (κ3) is 3.49. The number of nitrogens with one attached hydrogen (secondary N) is 1. The second-order valence-electron chi connectivity index (χ2n) is 3.82. The average molecular weight is 404 g/mol. The first-order valence-corrected chi connectivity index (χ1v) is 7.25. The van der Waals surface area contributed by atoms with Gasteiger partial charge in [0, 0.05) is 14.6 Å². The molecule has 0 atom stereocenters. The number of anilines is 2. The Bertz CT molecular complexity index is 647. The van der Waals surface area contributed by atoms with Crippen LogP contribution in [0.5, 0.6) is 0 Å². The lowest BCUT2D eigenvalue weighted by molar-refractivity contribution is 0.102. The van der Waals surface area contributed by atoms with E-state index in [4.69, 9.17) is 17.3 Å². The molecule has 19 heavy (non-hydrogen) atoms. The molecule has 1 amide bonds. The molecular weight excluding hydrogens is 395 g/mol. The lowest BCUT2D eigenvalue weighted by Crippen LogP contribution is -2.13. The number of rotatable bonds is 2. The average Bonchev–Trinajstić information content (AvgIpc) is 2.35. The van der Waals surface area contributed by atoms with Gasteiger partial charge in [0.05, 0.1) is 16.3 Å². The van der Waals surface area contributed by atoms with Crippen LogP contribution in [0.2, 0.25) is 5.02 Å². The van der Waals surface area contributed by atoms with Crippen molar-refractivity contribution in [1.82, 2.24) is 0 Å². The summed E-state index contributed by atoms with van der Waals surface area (Å²) in [4.78, 5) is 12.2. The van der Waals surface area contributed by atoms with E-state index >= 15 is 0 Å². The SMILES string of the molecule is Nc1ccc(NC(=O)c2cc(Br)ccc2Br)c(Cl)c1. The van der Waals surface area contributed by atoms with E-state index in [0.717, 1.165) is 4.47 Å². The van der Waals surface area contributed by atoms with Gasteiger partial charge in [-0.2, -0.15) is 0 Å². The molecule has 3 nitrogen and oxygen atoms in total. The van der Waals surface area contributed by atoms with E-state index in [9.17, 15) is 4.79 Å². The van der Waals surface area contributed by atoms with Gasteiger partial charge in [0.2, 0.25) is 0 Å². The summed E-state index contributed by atoms with van der Waals surface area (Å²) in [6.07, 6.45) is 0. The number of nitrogen functional groups attached to an aromatic ring is 1. The summed E-state index contributed by atoms with van der Waals surface area (Å²) >= 11 is 12.7. The fourth-order valence-corrected chi connectivity index (χ4v) is 2.52. The number of benzene rings is 2. The van der Waals surface area contributed by atoms with Gasteiger partial charge in [-0.05, 0) is 52.3 Å². The van der Waals surface area contributed by atoms with E-state index in [1.54, 1.807) is 30.3 Å². The lowest BCUT2D eigenvalue weighted by atomic mass is 10.2. The first kappa shape index (κ1) is 14.4. The molecule has 2 rings (SSSR count). The van der Waals surface area contributed by atoms with E-state index in [2.05, 4.69) is 37.2 Å². The number of halogens is 3. The van der Waals surface area contributed by atoms with Crippen molar-refractivity contribution in [1.29, 1.82) is 0 Å². The van der Waals surface area contributed by atoms with E-state index in [1.165, 1.54) is 0 Å². The summed E-state index contributed by atoms with van der Waals surface area (Å²) in [6.45, 7) is 0. The summed E-state index contributed by atoms with van der Waals surface area (Å²) in [6, 6.07) is 10.3. The Morgan fingerprint density at radius 1 is 1.16 bits per heavy atom. The van der Waals surface area contributed by atoms with E-state index in [-0.39, 0.29) is 5.91 Å². The number of amides is 1. The van der Waals surface area contributed by atoms with Crippen LogP contribution >= 0.6 is 43.5 Å². The summed E-state index contributed by atoms with van der Waals surface area (Å²) in [5.74, 6) is -0.250. The number of hydrogen-bond donors (Lipinski definition) is 2. The maximum Gasteiger partial charge on any atom is 0.256 e. The van der Waals surface area contributed by atoms with Gasteiger partial charge >= 0.3 is 0 Å². The topological polar surface area (TPSA) is 55.1 Å². The number of carbonyl (C=O) groups is 1. The molecule has 0 saturated heterocycles. The molecule has 0 heterocycles. The first-order chi connectivity index (χ1) is 8.97. The van der Waals surface area contributed by atoms with Gasteiger partial charge in [0.1, 0.15) is 0 Å². The van der Waals surface area contributed by atoms with Gasteiger partial charge in [-0.3, -0.25) is 4.79 Å². The minimum atomic E-state index is -0.250. The predicted molar refractivity (Wildman–Crippen MR) is 85.7 cm³/mol. The Morgan fingerprint density at radius 3 is 2.58 bits per heavy atom. The third-order valence-electron chi connectivity index (χ3n) is 2.41. The number of nitrogens with two attached hydrogens (primary N) is 1. The highest BCUT2D eigenvalue weighted by atomic mass is 79.9. The molecule has 0 bridgehead atoms. The van der Waals surface area contributed by atoms with Crippen molar-refractivity contribution in [2.24, 2.45) is 0 Å². The van der Waals surface area contributed by atoms with E-state index < -0.39 is 0 Å². The van der Waals surface area contributed by atoms with Crippen molar-refractivity contribution in [2.75, 3.05) is 11.1 Å². The largest absolute Gasteiger partial charge is 0.399 e. The molecule has 0 aromatic heterocycles. The molecule has 0 radical (unpaired) electrons. The molecular formula is C13H9Br2ClN2O. The van der Waals surface area contributed by atoms with Crippen LogP contribution in [0.3, 0.4) is 0 Å². The van der Waals surface area contributed by atoms with Crippen LogP contribution in [-0.2, 0) is 0 Å². The maximum atomic E-state index is 12.2. The minimum absolute atomic E-state index is 0.250. The molecule has 0 saturated carbocycles. The van der Waals surface area contributed by atoms with Crippen LogP contribution in [0.25, 0.3) is 0 Å². The van der Waals surface area contributed by atoms with Gasteiger partial charge in [0.25, 0.3) is 5.91 Å². The molecule has 0 aliphatic carbocycles. The molecule has 6 heteroatoms. The van der Waals surface area contributed by atoms with Crippen LogP contribution < -0.4 is 11.1 Å². The molecule has 0 fully saturated rings. The third-order valence-corrected chi connectivity index (χ3v) is 3.91. The zero-order valence-electron chi connectivity index (χ0n) is 9.58. The molecule has 0 aliphatic rings. The monoisotopic (exact) mass is 402 g/mol. The van der Waals surface area contributed by atoms with Crippen molar-refractivity contribution in [3.63, 3.8) is 0 Å². The lowest BCUT2D eigenvalue weighted by Gasteiger charge is -2.09. The van der Waals surface area contributed by atoms with Crippen LogP contribution in [0.4, 0.5) is 11.4 Å². The quantitative estimate of drug-likeness (QED) is 0.713. The Hall–Kier alpha value is -1.04. The van der Waals surface area contributed by atoms with Crippen molar-refractivity contribution >= 4 is 60.7 Å². The highest BCUT2D eigenvalue weighted by Gasteiger charge is 2.12. The van der Waals surface area contributed by atoms with Crippen molar-refractivity contribution < 1.29 is 4.79 Å². The molecule has 3 N–H and O–H groups in total. The molecule has 2 aromatic carbocycles. The Kier molecular flexibility index (Phi) is 4.50. The van der Waals surface area contributed by atoms with Gasteiger partial charge in [-0.15, -0.1) is 0 Å². The van der Waals surface area contributed by atoms with Crippen LogP contribution in [0.1, 0.15) is 10.4 Å². The van der Waals surface area contributed by atoms with Gasteiger partial charge < -0.3 is 11.1 Å². The summed E-state index contributed by atoms with van der Waals surface area (Å²) < 4.78 is 1.53. The Balaban J connectivity index is 2.28. The zero-order chi connectivity index (χ0) is 14.0. The second-order valence-corrected chi connectivity index (χ2v) is 5.99. The zero-order valence-corrected chi connectivity index (χ0v) is 13.5. The minimum Gasteiger partial charge on any atom is -0.399 e. The van der Waals surface area contributed by atoms with E-state index in [1.807, 2.05) is 6.07 Å². The first-order valence-electron chi connectivity index (χ1n) is 5.29. The molecule has 98 valence electrons.